The topological polar surface area (TPSA) is 306 Å². The third-order valence-electron chi connectivity index (χ3n) is 7.15. The Morgan fingerprint density at radius 1 is 1.27 bits per heavy atom. The average Bonchev–Trinajstić information content (AvgIpc) is 3.52. The van der Waals surface area contributed by atoms with Crippen LogP contribution in [-0.4, -0.2) is 101 Å². The summed E-state index contributed by atoms with van der Waals surface area (Å²) in [5.41, 5.74) is -0.390. The van der Waals surface area contributed by atoms with Gasteiger partial charge >= 0.3 is 17.9 Å². The lowest BCUT2D eigenvalue weighted by atomic mass is 9.79. The van der Waals surface area contributed by atoms with Gasteiger partial charge in [-0.25, -0.2) is 24.2 Å². The van der Waals surface area contributed by atoms with Crippen molar-refractivity contribution in [2.45, 2.75) is 51.1 Å². The number of carboxylic acid groups (broad SMARTS) is 1. The molecule has 3 heterocycles. The van der Waals surface area contributed by atoms with Gasteiger partial charge in [0, 0.05) is 47.3 Å². The number of aliphatic hydroxyl groups is 1. The summed E-state index contributed by atoms with van der Waals surface area (Å²) in [6, 6.07) is 3.85. The molecule has 3 aliphatic rings. The molecule has 2 saturated heterocycles. The van der Waals surface area contributed by atoms with Crippen LogP contribution in [0.3, 0.4) is 0 Å². The van der Waals surface area contributed by atoms with Gasteiger partial charge in [0.25, 0.3) is 22.4 Å². The predicted octanol–water partition coefficient (Wildman–Crippen LogP) is -0.827. The summed E-state index contributed by atoms with van der Waals surface area (Å²) in [4.78, 5) is 69.7. The van der Waals surface area contributed by atoms with Crippen LogP contribution < -0.4 is 15.2 Å². The molecule has 19 nitrogen and oxygen atoms in total. The SMILES string of the molecule is C.C[C@@H](O)[C@H]1C(=O)N2C(C(=O)OC(=O)c3ccc([N+](=O)[O-])cc3)=C(S[C@@H]3CN[C@H](CNS(N)(=O)=O)C3)[C@H](C)[C@H]12.O.O=CO/C=C/C(=O)O. The van der Waals surface area contributed by atoms with Gasteiger partial charge in [-0.3, -0.25) is 19.7 Å². The molecular formula is C27H37N5O14S2. The Morgan fingerprint density at radius 2 is 1.90 bits per heavy atom. The highest BCUT2D eigenvalue weighted by Crippen LogP contribution is 2.52. The Labute approximate surface area is 279 Å². The Bertz CT molecular complexity index is 1550. The summed E-state index contributed by atoms with van der Waals surface area (Å²) >= 11 is 1.33. The summed E-state index contributed by atoms with van der Waals surface area (Å²) in [5, 5.41) is 37.0. The van der Waals surface area contributed by atoms with E-state index in [4.69, 9.17) is 15.0 Å². The fourth-order valence-electron chi connectivity index (χ4n) is 5.13. The average molecular weight is 720 g/mol. The number of β-lactam (4-membered cyclic amide) rings is 1. The Hall–Kier alpha value is -4.25. The summed E-state index contributed by atoms with van der Waals surface area (Å²) in [7, 11) is -3.85. The van der Waals surface area contributed by atoms with E-state index in [0.717, 1.165) is 30.5 Å². The number of carboxylic acids is 1. The number of carbonyl (C=O) groups is 5. The first-order valence-corrected chi connectivity index (χ1v) is 15.9. The van der Waals surface area contributed by atoms with E-state index in [2.05, 4.69) is 14.8 Å². The van der Waals surface area contributed by atoms with Gasteiger partial charge in [-0.05, 0) is 25.5 Å². The molecule has 8 N–H and O–H groups in total. The van der Waals surface area contributed by atoms with Crippen LogP contribution in [0.25, 0.3) is 0 Å². The minimum Gasteiger partial charge on any atom is -0.478 e. The maximum absolute atomic E-state index is 13.2. The van der Waals surface area contributed by atoms with E-state index in [0.29, 0.717) is 23.9 Å². The first kappa shape index (κ1) is 41.8. The Balaban J connectivity index is 0.00000103. The predicted molar refractivity (Wildman–Crippen MR) is 169 cm³/mol. The quantitative estimate of drug-likeness (QED) is 0.0257. The molecular weight excluding hydrogens is 682 g/mol. The molecule has 21 heteroatoms. The number of fused-ring (bicyclic) bond motifs is 1. The third kappa shape index (κ3) is 10.4. The number of amides is 1. The van der Waals surface area contributed by atoms with Crippen LogP contribution in [0.1, 0.15) is 38.1 Å². The number of hydrogen-bond acceptors (Lipinski definition) is 14. The van der Waals surface area contributed by atoms with E-state index in [1.807, 2.05) is 6.92 Å². The van der Waals surface area contributed by atoms with Gasteiger partial charge < -0.3 is 35.4 Å². The van der Waals surface area contributed by atoms with Crippen molar-refractivity contribution in [3.05, 3.63) is 62.9 Å². The standard InChI is InChI=1S/C22H27N5O9S2.C4H4O4.CH4.H2O/c1-10-17-16(11(2)28)20(29)26(17)18(19(10)37-15-7-13(24-9-15)8-25-38(23,34)35)22(31)36-21(30)12-3-5-14(6-4-12)27(32)33;5-3-8-2-1-4(6)7;;/h3-6,10-11,13,15-17,24-25,28H,7-9H2,1-2H3,(H2,23,34,35);1-3H,(H,6,7);1H4;1H2/b;2-1+;;/t10-,11-,13+,15+,16-,17-;;;/m1.../s1. The molecule has 6 atom stereocenters. The molecule has 0 aliphatic carbocycles. The molecule has 1 aromatic rings. The van der Waals surface area contributed by atoms with Crippen molar-refractivity contribution < 1.29 is 62.5 Å². The number of non-ortho nitro benzene ring substituents is 1. The van der Waals surface area contributed by atoms with Crippen LogP contribution in [0.4, 0.5) is 5.69 Å². The number of carbonyl (C=O) groups excluding carboxylic acids is 4. The van der Waals surface area contributed by atoms with Crippen LogP contribution >= 0.6 is 11.8 Å². The first-order valence-electron chi connectivity index (χ1n) is 13.5. The highest BCUT2D eigenvalue weighted by Gasteiger charge is 2.60. The molecule has 1 aromatic carbocycles. The van der Waals surface area contributed by atoms with Gasteiger partial charge in [-0.1, -0.05) is 14.4 Å². The number of aliphatic carboxylic acids is 1. The van der Waals surface area contributed by atoms with Crippen LogP contribution in [0.5, 0.6) is 0 Å². The maximum Gasteiger partial charge on any atom is 0.363 e. The zero-order valence-electron chi connectivity index (χ0n) is 24.8. The molecule has 48 heavy (non-hydrogen) atoms. The lowest BCUT2D eigenvalue weighted by Gasteiger charge is -2.46. The van der Waals surface area contributed by atoms with Gasteiger partial charge in [-0.15, -0.1) is 11.8 Å². The van der Waals surface area contributed by atoms with E-state index < -0.39 is 57.0 Å². The van der Waals surface area contributed by atoms with Crippen LogP contribution in [0.2, 0.25) is 0 Å². The first-order chi connectivity index (χ1) is 21.5. The van der Waals surface area contributed by atoms with E-state index in [1.54, 1.807) is 0 Å². The number of ether oxygens (including phenoxy) is 2. The molecule has 0 radical (unpaired) electrons. The maximum atomic E-state index is 13.2. The fourth-order valence-corrected chi connectivity index (χ4v) is 7.08. The third-order valence-corrected chi connectivity index (χ3v) is 9.23. The van der Waals surface area contributed by atoms with Crippen LogP contribution in [0.15, 0.2) is 47.2 Å². The number of nitrogens with zero attached hydrogens (tertiary/aromatic N) is 2. The molecule has 1 amide bonds. The Morgan fingerprint density at radius 3 is 2.42 bits per heavy atom. The zero-order valence-corrected chi connectivity index (χ0v) is 26.4. The number of nitro benzene ring substituents is 1. The second-order valence-corrected chi connectivity index (χ2v) is 13.0. The molecule has 0 spiro atoms. The molecule has 0 unspecified atom stereocenters. The normalized spacial score (nSPS) is 23.4. The van der Waals surface area contributed by atoms with Crippen molar-refractivity contribution in [2.24, 2.45) is 17.0 Å². The number of benzene rings is 1. The molecule has 3 aliphatic heterocycles. The van der Waals surface area contributed by atoms with Crippen molar-refractivity contribution in [3.8, 4) is 0 Å². The lowest BCUT2D eigenvalue weighted by molar-refractivity contribution is -0.384. The number of aliphatic hydroxyl groups excluding tert-OH is 1. The highest BCUT2D eigenvalue weighted by atomic mass is 32.2. The van der Waals surface area contributed by atoms with Crippen molar-refractivity contribution in [1.82, 2.24) is 14.9 Å². The zero-order chi connectivity index (χ0) is 34.3. The molecule has 4 rings (SSSR count). The van der Waals surface area contributed by atoms with E-state index in [-0.39, 0.29) is 60.1 Å². The van der Waals surface area contributed by atoms with Crippen molar-refractivity contribution in [1.29, 1.82) is 0 Å². The molecule has 0 aromatic heterocycles. The fraction of sp³-hybridized carbons (Fsp3) is 0.444. The van der Waals surface area contributed by atoms with E-state index >= 15 is 0 Å². The second kappa shape index (κ2) is 17.8. The van der Waals surface area contributed by atoms with E-state index in [1.165, 1.54) is 23.6 Å². The number of hydrogen-bond donors (Lipinski definition) is 5. The number of nitrogens with two attached hydrogens (primary N) is 1. The van der Waals surface area contributed by atoms with Crippen LogP contribution in [-0.2, 0) is 38.9 Å². The second-order valence-electron chi connectivity index (χ2n) is 10.3. The monoisotopic (exact) mass is 719 g/mol. The minimum absolute atomic E-state index is 0. The number of thioether (sulfide) groups is 1. The molecule has 266 valence electrons. The van der Waals surface area contributed by atoms with Crippen molar-refractivity contribution in [3.63, 3.8) is 0 Å². The molecule has 0 saturated carbocycles. The van der Waals surface area contributed by atoms with Gasteiger partial charge in [0.2, 0.25) is 5.91 Å². The number of nitro groups is 1. The summed E-state index contributed by atoms with van der Waals surface area (Å²) in [6.45, 7) is 4.03. The minimum atomic E-state index is -3.85. The highest BCUT2D eigenvalue weighted by molar-refractivity contribution is 8.03. The van der Waals surface area contributed by atoms with Crippen molar-refractivity contribution >= 4 is 57.9 Å². The smallest absolute Gasteiger partial charge is 0.363 e. The Kier molecular flexibility index (Phi) is 15.5. The number of rotatable bonds is 12. The summed E-state index contributed by atoms with van der Waals surface area (Å²) in [5.74, 6) is -4.73. The van der Waals surface area contributed by atoms with Gasteiger partial charge in [0.1, 0.15) is 12.0 Å². The lowest BCUT2D eigenvalue weighted by Crippen LogP contribution is -2.63. The number of esters is 2. The van der Waals surface area contributed by atoms with Crippen LogP contribution in [0, 0.1) is 22.0 Å². The number of nitrogens with one attached hydrogen (secondary N) is 2. The van der Waals surface area contributed by atoms with Crippen molar-refractivity contribution in [2.75, 3.05) is 13.1 Å². The summed E-state index contributed by atoms with van der Waals surface area (Å²) in [6.07, 6.45) is 1.09. The van der Waals surface area contributed by atoms with E-state index in [9.17, 15) is 47.6 Å². The van der Waals surface area contributed by atoms with Gasteiger partial charge in [0.05, 0.1) is 34.6 Å². The summed E-state index contributed by atoms with van der Waals surface area (Å²) < 4.78 is 33.6. The molecule has 2 fully saturated rings. The van der Waals surface area contributed by atoms with Gasteiger partial charge in [0.15, 0.2) is 0 Å². The largest absolute Gasteiger partial charge is 0.478 e. The van der Waals surface area contributed by atoms with Gasteiger partial charge in [-0.2, -0.15) is 8.42 Å². The molecule has 0 bridgehead atoms.